The second-order valence-electron chi connectivity index (χ2n) is 3.51. The molecule has 0 aliphatic heterocycles. The number of nitrogens with zero attached hydrogens (tertiary/aromatic N) is 2. The minimum absolute atomic E-state index is 0.449. The van der Waals surface area contributed by atoms with Crippen LogP contribution in [0.2, 0.25) is 0 Å². The molecule has 0 bridgehead atoms. The number of halogens is 6. The first kappa shape index (κ1) is 15.6. The maximum Gasteiger partial charge on any atom is 0.422 e. The predicted octanol–water partition coefficient (Wildman–Crippen LogP) is 3.96. The van der Waals surface area contributed by atoms with E-state index in [1.165, 1.54) is 12.1 Å². The van der Waals surface area contributed by atoms with E-state index in [4.69, 9.17) is 10.5 Å². The van der Waals surface area contributed by atoms with E-state index in [2.05, 4.69) is 0 Å². The van der Waals surface area contributed by atoms with Crippen LogP contribution in [0.5, 0.6) is 0 Å². The molecule has 0 saturated carbocycles. The average molecular weight is 290 g/mol. The molecule has 1 aromatic carbocycles. The first-order valence-corrected chi connectivity index (χ1v) is 4.91. The maximum absolute atomic E-state index is 12.6. The molecule has 0 aliphatic carbocycles. The Morgan fingerprint density at radius 3 is 1.80 bits per heavy atom. The molecule has 0 radical (unpaired) electrons. The van der Waals surface area contributed by atoms with Gasteiger partial charge in [0.25, 0.3) is 0 Å². The summed E-state index contributed by atoms with van der Waals surface area (Å²) in [5.74, 6) is 0. The van der Waals surface area contributed by atoms with Gasteiger partial charge in [0.05, 0.1) is 17.2 Å². The van der Waals surface area contributed by atoms with E-state index < -0.39 is 34.6 Å². The summed E-state index contributed by atoms with van der Waals surface area (Å²) in [5, 5.41) is 17.4. The minimum Gasteiger partial charge on any atom is -0.192 e. The van der Waals surface area contributed by atoms with Gasteiger partial charge in [-0.05, 0) is 6.07 Å². The average Bonchev–Trinajstić information content (AvgIpc) is 2.32. The van der Waals surface area contributed by atoms with Crippen LogP contribution in [0.15, 0.2) is 29.8 Å². The second-order valence-corrected chi connectivity index (χ2v) is 3.51. The zero-order valence-corrected chi connectivity index (χ0v) is 9.47. The lowest BCUT2D eigenvalue weighted by Crippen LogP contribution is -2.27. The third-order valence-corrected chi connectivity index (χ3v) is 2.25. The van der Waals surface area contributed by atoms with Gasteiger partial charge >= 0.3 is 12.4 Å². The standard InChI is InChI=1S/C12H4F6N2/c13-11(14,15)10(12(16,17)18)9(6-20)8-4-2-1-3-7(8)5-19/h1-4H. The Morgan fingerprint density at radius 1 is 0.900 bits per heavy atom. The van der Waals surface area contributed by atoms with E-state index in [9.17, 15) is 26.3 Å². The highest BCUT2D eigenvalue weighted by atomic mass is 19.4. The summed E-state index contributed by atoms with van der Waals surface area (Å²) >= 11 is 0. The van der Waals surface area contributed by atoms with Crippen LogP contribution in [-0.4, -0.2) is 12.4 Å². The van der Waals surface area contributed by atoms with Crippen molar-refractivity contribution in [2.45, 2.75) is 12.4 Å². The van der Waals surface area contributed by atoms with Crippen molar-refractivity contribution in [1.82, 2.24) is 0 Å². The Kier molecular flexibility index (Phi) is 4.09. The Balaban J connectivity index is 3.78. The van der Waals surface area contributed by atoms with Gasteiger partial charge in [0.15, 0.2) is 5.57 Å². The van der Waals surface area contributed by atoms with Gasteiger partial charge in [-0.2, -0.15) is 36.9 Å². The fraction of sp³-hybridized carbons (Fsp3) is 0.167. The molecule has 0 unspecified atom stereocenters. The van der Waals surface area contributed by atoms with Crippen LogP contribution in [0.4, 0.5) is 26.3 Å². The Hall–Kier alpha value is -2.48. The summed E-state index contributed by atoms with van der Waals surface area (Å²) in [7, 11) is 0. The van der Waals surface area contributed by atoms with Gasteiger partial charge in [-0.25, -0.2) is 0 Å². The fourth-order valence-corrected chi connectivity index (χ4v) is 1.49. The number of benzene rings is 1. The van der Waals surface area contributed by atoms with Crippen LogP contribution >= 0.6 is 0 Å². The Morgan fingerprint density at radius 2 is 1.40 bits per heavy atom. The van der Waals surface area contributed by atoms with Crippen molar-refractivity contribution in [1.29, 1.82) is 10.5 Å². The molecular formula is C12H4F6N2. The van der Waals surface area contributed by atoms with Crippen LogP contribution in [0, 0.1) is 22.7 Å². The lowest BCUT2D eigenvalue weighted by atomic mass is 9.96. The van der Waals surface area contributed by atoms with Gasteiger partial charge in [-0.3, -0.25) is 0 Å². The molecule has 1 aromatic rings. The molecule has 0 atom stereocenters. The molecule has 0 aromatic heterocycles. The first-order chi connectivity index (χ1) is 9.12. The van der Waals surface area contributed by atoms with Crippen LogP contribution in [0.1, 0.15) is 11.1 Å². The van der Waals surface area contributed by atoms with E-state index in [1.807, 2.05) is 0 Å². The highest BCUT2D eigenvalue weighted by molar-refractivity contribution is 5.83. The van der Waals surface area contributed by atoms with E-state index >= 15 is 0 Å². The first-order valence-electron chi connectivity index (χ1n) is 4.91. The monoisotopic (exact) mass is 290 g/mol. The van der Waals surface area contributed by atoms with Crippen LogP contribution < -0.4 is 0 Å². The number of alkyl halides is 6. The van der Waals surface area contributed by atoms with Crippen LogP contribution in [-0.2, 0) is 0 Å². The Labute approximate surface area is 109 Å². The molecule has 0 fully saturated rings. The summed E-state index contributed by atoms with van der Waals surface area (Å²) in [6.07, 6.45) is -11.5. The highest BCUT2D eigenvalue weighted by Gasteiger charge is 2.53. The molecule has 0 aliphatic rings. The number of hydrogen-bond acceptors (Lipinski definition) is 2. The molecule has 104 valence electrons. The summed E-state index contributed by atoms with van der Waals surface area (Å²) < 4.78 is 75.4. The largest absolute Gasteiger partial charge is 0.422 e. The number of allylic oxidation sites excluding steroid dienone is 2. The molecule has 1 rings (SSSR count). The van der Waals surface area contributed by atoms with Crippen molar-refractivity contribution in [2.75, 3.05) is 0 Å². The normalized spacial score (nSPS) is 11.4. The van der Waals surface area contributed by atoms with E-state index in [0.29, 0.717) is 0 Å². The van der Waals surface area contributed by atoms with Crippen molar-refractivity contribution in [3.8, 4) is 12.1 Å². The molecule has 0 amide bonds. The summed E-state index contributed by atoms with van der Waals surface area (Å²) in [4.78, 5) is 0. The van der Waals surface area contributed by atoms with Gasteiger partial charge in [0.2, 0.25) is 0 Å². The third kappa shape index (κ3) is 3.09. The van der Waals surface area contributed by atoms with Crippen LogP contribution in [0.3, 0.4) is 0 Å². The number of nitriles is 2. The van der Waals surface area contributed by atoms with E-state index in [0.717, 1.165) is 24.3 Å². The van der Waals surface area contributed by atoms with Crippen molar-refractivity contribution in [3.63, 3.8) is 0 Å². The van der Waals surface area contributed by atoms with E-state index in [-0.39, 0.29) is 0 Å². The maximum atomic E-state index is 12.6. The zero-order valence-electron chi connectivity index (χ0n) is 9.47. The smallest absolute Gasteiger partial charge is 0.192 e. The molecule has 20 heavy (non-hydrogen) atoms. The lowest BCUT2D eigenvalue weighted by Gasteiger charge is -2.17. The minimum atomic E-state index is -5.76. The summed E-state index contributed by atoms with van der Waals surface area (Å²) in [6.45, 7) is 0. The molecule has 0 spiro atoms. The molecule has 0 saturated heterocycles. The van der Waals surface area contributed by atoms with Crippen molar-refractivity contribution in [3.05, 3.63) is 41.0 Å². The molecule has 2 nitrogen and oxygen atoms in total. The number of hydrogen-bond donors (Lipinski definition) is 0. The Bertz CT molecular complexity index is 609. The van der Waals surface area contributed by atoms with Crippen molar-refractivity contribution < 1.29 is 26.3 Å². The fourth-order valence-electron chi connectivity index (χ4n) is 1.49. The molecular weight excluding hydrogens is 286 g/mol. The lowest BCUT2D eigenvalue weighted by molar-refractivity contribution is -0.170. The van der Waals surface area contributed by atoms with E-state index in [1.54, 1.807) is 0 Å². The zero-order chi connectivity index (χ0) is 15.6. The van der Waals surface area contributed by atoms with Crippen molar-refractivity contribution in [2.24, 2.45) is 0 Å². The second kappa shape index (κ2) is 5.25. The predicted molar refractivity (Wildman–Crippen MR) is 55.8 cm³/mol. The van der Waals surface area contributed by atoms with Gasteiger partial charge in [-0.1, -0.05) is 18.2 Å². The van der Waals surface area contributed by atoms with Gasteiger partial charge in [-0.15, -0.1) is 0 Å². The third-order valence-electron chi connectivity index (χ3n) is 2.25. The summed E-state index contributed by atoms with van der Waals surface area (Å²) in [5.41, 5.74) is -5.70. The number of rotatable bonds is 1. The van der Waals surface area contributed by atoms with Crippen molar-refractivity contribution >= 4 is 5.57 Å². The van der Waals surface area contributed by atoms with Crippen LogP contribution in [0.25, 0.3) is 5.57 Å². The van der Waals surface area contributed by atoms with Gasteiger partial charge in [0.1, 0.15) is 6.07 Å². The van der Waals surface area contributed by atoms with Gasteiger partial charge in [0, 0.05) is 5.56 Å². The quantitative estimate of drug-likeness (QED) is 0.580. The molecule has 0 heterocycles. The molecule has 0 N–H and O–H groups in total. The van der Waals surface area contributed by atoms with Gasteiger partial charge < -0.3 is 0 Å². The summed E-state index contributed by atoms with van der Waals surface area (Å²) in [6, 6.07) is 6.62. The highest BCUT2D eigenvalue weighted by Crippen LogP contribution is 2.43. The topological polar surface area (TPSA) is 47.6 Å². The molecule has 8 heteroatoms. The SMILES string of the molecule is N#CC(=C(C(F)(F)F)C(F)(F)F)c1ccccc1C#N.